The van der Waals surface area contributed by atoms with Crippen molar-refractivity contribution < 1.29 is 14.3 Å². The van der Waals surface area contributed by atoms with Gasteiger partial charge in [-0.15, -0.1) is 0 Å². The van der Waals surface area contributed by atoms with Crippen LogP contribution < -0.4 is 0 Å². The first-order valence-electron chi connectivity index (χ1n) is 4.90. The molecule has 0 spiro atoms. The second-order valence-electron chi connectivity index (χ2n) is 3.54. The van der Waals surface area contributed by atoms with E-state index in [1.54, 1.807) is 6.08 Å². The van der Waals surface area contributed by atoms with E-state index in [1.165, 1.54) is 19.3 Å². The summed E-state index contributed by atoms with van der Waals surface area (Å²) in [6.45, 7) is 0.376. The third-order valence-corrected chi connectivity index (χ3v) is 2.53. The Kier molecular flexibility index (Phi) is 2.52. The molecule has 72 valence electrons. The molecule has 1 aliphatic heterocycles. The fourth-order valence-electron chi connectivity index (χ4n) is 1.81. The van der Waals surface area contributed by atoms with Gasteiger partial charge in [-0.25, -0.2) is 4.79 Å². The summed E-state index contributed by atoms with van der Waals surface area (Å²) in [5, 5.41) is 0. The molecule has 0 radical (unpaired) electrons. The van der Waals surface area contributed by atoms with Crippen LogP contribution in [0.25, 0.3) is 0 Å². The lowest BCUT2D eigenvalue weighted by molar-refractivity contribution is -0.140. The summed E-state index contributed by atoms with van der Waals surface area (Å²) in [6.07, 6.45) is 7.83. The molecule has 0 amide bonds. The average Bonchev–Trinajstić information content (AvgIpc) is 2.54. The molecule has 0 atom stereocenters. The molecule has 0 saturated heterocycles. The first kappa shape index (κ1) is 8.60. The van der Waals surface area contributed by atoms with Crippen molar-refractivity contribution in [3.05, 3.63) is 11.8 Å². The summed E-state index contributed by atoms with van der Waals surface area (Å²) in [6, 6.07) is 0. The lowest BCUT2D eigenvalue weighted by Gasteiger charge is -2.22. The molecular weight excluding hydrogens is 168 g/mol. The summed E-state index contributed by atoms with van der Waals surface area (Å²) in [4.78, 5) is 11.0. The Bertz CT molecular complexity index is 226. The van der Waals surface area contributed by atoms with Crippen molar-refractivity contribution in [2.24, 2.45) is 0 Å². The van der Waals surface area contributed by atoms with Gasteiger partial charge in [0.25, 0.3) is 0 Å². The van der Waals surface area contributed by atoms with Crippen LogP contribution in [0.5, 0.6) is 0 Å². The maximum absolute atomic E-state index is 11.0. The maximum Gasteiger partial charge on any atom is 0.373 e. The van der Waals surface area contributed by atoms with Crippen LogP contribution in [0.2, 0.25) is 0 Å². The van der Waals surface area contributed by atoms with E-state index in [-0.39, 0.29) is 12.1 Å². The van der Waals surface area contributed by atoms with Crippen LogP contribution in [0.15, 0.2) is 11.8 Å². The number of hydrogen-bond acceptors (Lipinski definition) is 3. The Morgan fingerprint density at radius 1 is 1.31 bits per heavy atom. The number of ether oxygens (including phenoxy) is 2. The molecule has 2 rings (SSSR count). The number of cyclic esters (lactones) is 1. The molecule has 1 fully saturated rings. The second-order valence-corrected chi connectivity index (χ2v) is 3.54. The summed E-state index contributed by atoms with van der Waals surface area (Å²) < 4.78 is 10.3. The molecule has 3 heteroatoms. The van der Waals surface area contributed by atoms with E-state index >= 15 is 0 Å². The zero-order valence-electron chi connectivity index (χ0n) is 7.62. The molecule has 0 unspecified atom stereocenters. The molecule has 1 saturated carbocycles. The van der Waals surface area contributed by atoms with Crippen molar-refractivity contribution in [2.75, 3.05) is 6.61 Å². The van der Waals surface area contributed by atoms with E-state index in [1.807, 2.05) is 0 Å². The van der Waals surface area contributed by atoms with E-state index < -0.39 is 0 Å². The first-order valence-corrected chi connectivity index (χ1v) is 4.90. The van der Waals surface area contributed by atoms with Crippen LogP contribution in [0.3, 0.4) is 0 Å². The minimum atomic E-state index is -0.300. The maximum atomic E-state index is 11.0. The monoisotopic (exact) mass is 182 g/mol. The Morgan fingerprint density at radius 2 is 2.08 bits per heavy atom. The first-order chi connectivity index (χ1) is 6.36. The standard InChI is InChI=1S/C10H14O3/c11-10-9(6-7-12-10)13-8-4-2-1-3-5-8/h6,8H,1-5,7H2. The van der Waals surface area contributed by atoms with Crippen LogP contribution >= 0.6 is 0 Å². The van der Waals surface area contributed by atoms with Gasteiger partial charge in [0.05, 0.1) is 6.10 Å². The van der Waals surface area contributed by atoms with E-state index in [4.69, 9.17) is 9.47 Å². The highest BCUT2D eigenvalue weighted by Gasteiger charge is 2.23. The van der Waals surface area contributed by atoms with Gasteiger partial charge in [0, 0.05) is 6.08 Å². The lowest BCUT2D eigenvalue weighted by Crippen LogP contribution is -2.18. The highest BCUT2D eigenvalue weighted by Crippen LogP contribution is 2.23. The van der Waals surface area contributed by atoms with Crippen molar-refractivity contribution >= 4 is 5.97 Å². The summed E-state index contributed by atoms with van der Waals surface area (Å²) in [5.74, 6) is 0.123. The average molecular weight is 182 g/mol. The predicted molar refractivity (Wildman–Crippen MR) is 47.0 cm³/mol. The van der Waals surface area contributed by atoms with Crippen molar-refractivity contribution in [2.45, 2.75) is 38.2 Å². The number of hydrogen-bond donors (Lipinski definition) is 0. The fourth-order valence-corrected chi connectivity index (χ4v) is 1.81. The van der Waals surface area contributed by atoms with Crippen molar-refractivity contribution in [3.63, 3.8) is 0 Å². The van der Waals surface area contributed by atoms with Crippen LogP contribution in [0.1, 0.15) is 32.1 Å². The third kappa shape index (κ3) is 2.02. The Labute approximate surface area is 77.7 Å². The summed E-state index contributed by atoms with van der Waals surface area (Å²) in [7, 11) is 0. The van der Waals surface area contributed by atoms with Gasteiger partial charge in [-0.2, -0.15) is 0 Å². The largest absolute Gasteiger partial charge is 0.483 e. The topological polar surface area (TPSA) is 35.5 Å². The molecule has 0 aromatic rings. The zero-order valence-corrected chi connectivity index (χ0v) is 7.62. The van der Waals surface area contributed by atoms with Gasteiger partial charge in [0.2, 0.25) is 5.76 Å². The van der Waals surface area contributed by atoms with Gasteiger partial charge >= 0.3 is 5.97 Å². The van der Waals surface area contributed by atoms with E-state index in [2.05, 4.69) is 0 Å². The number of carbonyl (C=O) groups excluding carboxylic acids is 1. The van der Waals surface area contributed by atoms with E-state index in [0.717, 1.165) is 12.8 Å². The van der Waals surface area contributed by atoms with Crippen LogP contribution in [0, 0.1) is 0 Å². The molecule has 0 bridgehead atoms. The molecule has 0 aromatic carbocycles. The van der Waals surface area contributed by atoms with Gasteiger partial charge in [-0.1, -0.05) is 6.42 Å². The SMILES string of the molecule is O=C1OCC=C1OC1CCCCC1. The Morgan fingerprint density at radius 3 is 2.69 bits per heavy atom. The van der Waals surface area contributed by atoms with Gasteiger partial charge in [0.1, 0.15) is 6.61 Å². The van der Waals surface area contributed by atoms with Crippen molar-refractivity contribution in [1.82, 2.24) is 0 Å². The smallest absolute Gasteiger partial charge is 0.373 e. The molecule has 13 heavy (non-hydrogen) atoms. The highest BCUT2D eigenvalue weighted by atomic mass is 16.6. The predicted octanol–water partition coefficient (Wildman–Crippen LogP) is 1.78. The normalized spacial score (nSPS) is 24.0. The summed E-state index contributed by atoms with van der Waals surface area (Å²) in [5.41, 5.74) is 0. The van der Waals surface area contributed by atoms with Gasteiger partial charge < -0.3 is 9.47 Å². The molecular formula is C10H14O3. The van der Waals surface area contributed by atoms with Crippen molar-refractivity contribution in [3.8, 4) is 0 Å². The Balaban J connectivity index is 1.86. The quantitative estimate of drug-likeness (QED) is 0.610. The molecule has 1 heterocycles. The van der Waals surface area contributed by atoms with Crippen molar-refractivity contribution in [1.29, 1.82) is 0 Å². The molecule has 1 aliphatic carbocycles. The van der Waals surface area contributed by atoms with Crippen LogP contribution in [-0.4, -0.2) is 18.7 Å². The zero-order chi connectivity index (χ0) is 9.10. The van der Waals surface area contributed by atoms with E-state index in [0.29, 0.717) is 12.4 Å². The molecule has 0 N–H and O–H groups in total. The molecule has 2 aliphatic rings. The second kappa shape index (κ2) is 3.81. The highest BCUT2D eigenvalue weighted by molar-refractivity contribution is 5.88. The number of carbonyl (C=O) groups is 1. The molecule has 3 nitrogen and oxygen atoms in total. The van der Waals surface area contributed by atoms with E-state index in [9.17, 15) is 4.79 Å². The van der Waals surface area contributed by atoms with Gasteiger partial charge in [-0.3, -0.25) is 0 Å². The Hall–Kier alpha value is -0.990. The number of rotatable bonds is 2. The minimum Gasteiger partial charge on any atom is -0.483 e. The van der Waals surface area contributed by atoms with Crippen LogP contribution in [-0.2, 0) is 14.3 Å². The van der Waals surface area contributed by atoms with Gasteiger partial charge in [-0.05, 0) is 25.7 Å². The summed E-state index contributed by atoms with van der Waals surface area (Å²) >= 11 is 0. The van der Waals surface area contributed by atoms with Gasteiger partial charge in [0.15, 0.2) is 0 Å². The molecule has 0 aromatic heterocycles. The number of esters is 1. The lowest BCUT2D eigenvalue weighted by atomic mass is 9.98. The minimum absolute atomic E-state index is 0.241. The fraction of sp³-hybridized carbons (Fsp3) is 0.700. The third-order valence-electron chi connectivity index (χ3n) is 2.53. The van der Waals surface area contributed by atoms with Crippen LogP contribution in [0.4, 0.5) is 0 Å².